The second-order valence-electron chi connectivity index (χ2n) is 5.54. The summed E-state index contributed by atoms with van der Waals surface area (Å²) >= 11 is 12.1. The molecule has 1 aromatic rings. The third-order valence-corrected chi connectivity index (χ3v) is 4.97. The number of hydrogen-bond acceptors (Lipinski definition) is 3. The molecule has 1 heterocycles. The molecule has 0 bridgehead atoms. The van der Waals surface area contributed by atoms with Crippen molar-refractivity contribution < 1.29 is 9.59 Å². The first-order chi connectivity index (χ1) is 10.1. The van der Waals surface area contributed by atoms with Crippen LogP contribution in [0.2, 0.25) is 10.0 Å². The van der Waals surface area contributed by atoms with Crippen molar-refractivity contribution in [3.8, 4) is 0 Å². The molecule has 1 aromatic carbocycles. The average molecular weight is 327 g/mol. The first kappa shape index (κ1) is 14.7. The maximum Gasteiger partial charge on any atom is 0.252 e. The lowest BCUT2D eigenvalue weighted by molar-refractivity contribution is -0.141. The maximum atomic E-state index is 12.5. The van der Waals surface area contributed by atoms with Crippen LogP contribution in [-0.4, -0.2) is 28.8 Å². The number of benzene rings is 1. The summed E-state index contributed by atoms with van der Waals surface area (Å²) in [6.45, 7) is 0. The zero-order chi connectivity index (χ0) is 15.0. The SMILES string of the molecule is O=C1CC(Nc2cccc(Cl)c2Cl)C(=O)N1C1CCCC1. The number of amides is 2. The van der Waals surface area contributed by atoms with E-state index in [9.17, 15) is 9.59 Å². The van der Waals surface area contributed by atoms with Gasteiger partial charge in [0, 0.05) is 6.04 Å². The summed E-state index contributed by atoms with van der Waals surface area (Å²) in [4.78, 5) is 26.0. The second kappa shape index (κ2) is 5.85. The van der Waals surface area contributed by atoms with Gasteiger partial charge < -0.3 is 5.32 Å². The van der Waals surface area contributed by atoms with Crippen molar-refractivity contribution in [2.24, 2.45) is 0 Å². The van der Waals surface area contributed by atoms with E-state index >= 15 is 0 Å². The number of likely N-dealkylation sites (tertiary alicyclic amines) is 1. The zero-order valence-corrected chi connectivity index (χ0v) is 13.0. The van der Waals surface area contributed by atoms with E-state index in [1.807, 2.05) is 0 Å². The normalized spacial score (nSPS) is 23.1. The minimum Gasteiger partial charge on any atom is -0.372 e. The molecule has 1 unspecified atom stereocenters. The molecular formula is C15H16Cl2N2O2. The Morgan fingerprint density at radius 1 is 1.14 bits per heavy atom. The van der Waals surface area contributed by atoms with Crippen LogP contribution in [0.3, 0.4) is 0 Å². The van der Waals surface area contributed by atoms with E-state index in [2.05, 4.69) is 5.32 Å². The van der Waals surface area contributed by atoms with Gasteiger partial charge >= 0.3 is 0 Å². The topological polar surface area (TPSA) is 49.4 Å². The predicted molar refractivity (Wildman–Crippen MR) is 82.6 cm³/mol. The summed E-state index contributed by atoms with van der Waals surface area (Å²) in [5, 5.41) is 3.85. The third-order valence-electron chi connectivity index (χ3n) is 4.15. The molecule has 112 valence electrons. The number of halogens is 2. The zero-order valence-electron chi connectivity index (χ0n) is 11.4. The van der Waals surface area contributed by atoms with E-state index in [1.54, 1.807) is 18.2 Å². The molecule has 6 heteroatoms. The molecule has 2 amide bonds. The highest BCUT2D eigenvalue weighted by Gasteiger charge is 2.43. The number of nitrogens with zero attached hydrogens (tertiary/aromatic N) is 1. The highest BCUT2D eigenvalue weighted by Crippen LogP contribution is 2.33. The fraction of sp³-hybridized carbons (Fsp3) is 0.467. The van der Waals surface area contributed by atoms with Crippen molar-refractivity contribution in [3.63, 3.8) is 0 Å². The molecule has 1 saturated carbocycles. The highest BCUT2D eigenvalue weighted by molar-refractivity contribution is 6.43. The molecule has 1 N–H and O–H groups in total. The number of hydrogen-bond donors (Lipinski definition) is 1. The number of carbonyl (C=O) groups excluding carboxylic acids is 2. The van der Waals surface area contributed by atoms with Crippen LogP contribution in [0.25, 0.3) is 0 Å². The third kappa shape index (κ3) is 2.74. The Labute approximate surface area is 133 Å². The van der Waals surface area contributed by atoms with Gasteiger partial charge in [-0.25, -0.2) is 0 Å². The largest absolute Gasteiger partial charge is 0.372 e. The van der Waals surface area contributed by atoms with Crippen LogP contribution in [0.15, 0.2) is 18.2 Å². The van der Waals surface area contributed by atoms with Crippen LogP contribution >= 0.6 is 23.2 Å². The summed E-state index contributed by atoms with van der Waals surface area (Å²) in [6.07, 6.45) is 4.18. The van der Waals surface area contributed by atoms with Gasteiger partial charge in [-0.15, -0.1) is 0 Å². The van der Waals surface area contributed by atoms with Crippen LogP contribution in [0.1, 0.15) is 32.1 Å². The van der Waals surface area contributed by atoms with Crippen LogP contribution in [0.5, 0.6) is 0 Å². The van der Waals surface area contributed by atoms with Gasteiger partial charge in [0.05, 0.1) is 22.2 Å². The Morgan fingerprint density at radius 3 is 2.57 bits per heavy atom. The molecular weight excluding hydrogens is 311 g/mol. The van der Waals surface area contributed by atoms with Crippen LogP contribution in [-0.2, 0) is 9.59 Å². The Balaban J connectivity index is 1.76. The molecule has 4 nitrogen and oxygen atoms in total. The van der Waals surface area contributed by atoms with Gasteiger partial charge in [0.2, 0.25) is 5.91 Å². The Kier molecular flexibility index (Phi) is 4.09. The van der Waals surface area contributed by atoms with Crippen LogP contribution in [0.4, 0.5) is 5.69 Å². The maximum absolute atomic E-state index is 12.5. The molecule has 1 aliphatic carbocycles. The smallest absolute Gasteiger partial charge is 0.252 e. The number of nitrogens with one attached hydrogen (secondary N) is 1. The summed E-state index contributed by atoms with van der Waals surface area (Å²) < 4.78 is 0. The summed E-state index contributed by atoms with van der Waals surface area (Å²) in [6, 6.07) is 4.72. The molecule has 3 rings (SSSR count). The van der Waals surface area contributed by atoms with Gasteiger partial charge in [-0.1, -0.05) is 42.1 Å². The highest BCUT2D eigenvalue weighted by atomic mass is 35.5. The Morgan fingerprint density at radius 2 is 1.86 bits per heavy atom. The van der Waals surface area contributed by atoms with Crippen LogP contribution < -0.4 is 5.32 Å². The van der Waals surface area contributed by atoms with Gasteiger partial charge in [-0.2, -0.15) is 0 Å². The van der Waals surface area contributed by atoms with Gasteiger partial charge in [-0.3, -0.25) is 14.5 Å². The lowest BCUT2D eigenvalue weighted by Gasteiger charge is -2.22. The molecule has 1 saturated heterocycles. The standard InChI is InChI=1S/C15H16Cl2N2O2/c16-10-6-3-7-11(14(10)17)18-12-8-13(20)19(15(12)21)9-4-1-2-5-9/h3,6-7,9,12,18H,1-2,4-5,8H2. The molecule has 21 heavy (non-hydrogen) atoms. The molecule has 2 aliphatic rings. The Bertz CT molecular complexity index is 585. The fourth-order valence-corrected chi connectivity index (χ4v) is 3.47. The lowest BCUT2D eigenvalue weighted by Crippen LogP contribution is -2.41. The molecule has 1 atom stereocenters. The first-order valence-electron chi connectivity index (χ1n) is 7.14. The number of anilines is 1. The quantitative estimate of drug-likeness (QED) is 0.865. The van der Waals surface area contributed by atoms with E-state index in [1.165, 1.54) is 4.90 Å². The van der Waals surface area contributed by atoms with E-state index in [4.69, 9.17) is 23.2 Å². The number of imide groups is 1. The molecule has 0 radical (unpaired) electrons. The molecule has 0 spiro atoms. The monoisotopic (exact) mass is 326 g/mol. The number of carbonyl (C=O) groups is 2. The summed E-state index contributed by atoms with van der Waals surface area (Å²) in [5.41, 5.74) is 0.587. The first-order valence-corrected chi connectivity index (χ1v) is 7.90. The minimum atomic E-state index is -0.547. The minimum absolute atomic E-state index is 0.0756. The van der Waals surface area contributed by atoms with Crippen molar-refractivity contribution in [3.05, 3.63) is 28.2 Å². The summed E-state index contributed by atoms with van der Waals surface area (Å²) in [5.74, 6) is -0.245. The molecule has 2 fully saturated rings. The van der Waals surface area contributed by atoms with Gasteiger partial charge in [0.1, 0.15) is 6.04 Å². The van der Waals surface area contributed by atoms with E-state index in [0.717, 1.165) is 25.7 Å². The lowest BCUT2D eigenvalue weighted by atomic mass is 10.2. The van der Waals surface area contributed by atoms with Gasteiger partial charge in [-0.05, 0) is 25.0 Å². The van der Waals surface area contributed by atoms with E-state index < -0.39 is 6.04 Å². The average Bonchev–Trinajstić information content (AvgIpc) is 3.04. The molecule has 1 aliphatic heterocycles. The van der Waals surface area contributed by atoms with Crippen molar-refractivity contribution in [1.29, 1.82) is 0 Å². The van der Waals surface area contributed by atoms with Crippen molar-refractivity contribution >= 4 is 40.7 Å². The predicted octanol–water partition coefficient (Wildman–Crippen LogP) is 3.48. The molecule has 0 aromatic heterocycles. The van der Waals surface area contributed by atoms with E-state index in [-0.39, 0.29) is 24.3 Å². The van der Waals surface area contributed by atoms with Crippen LogP contribution in [0, 0.1) is 0 Å². The number of rotatable bonds is 3. The van der Waals surface area contributed by atoms with Gasteiger partial charge in [0.25, 0.3) is 5.91 Å². The van der Waals surface area contributed by atoms with E-state index in [0.29, 0.717) is 15.7 Å². The second-order valence-corrected chi connectivity index (χ2v) is 6.33. The fourth-order valence-electron chi connectivity index (χ4n) is 3.11. The van der Waals surface area contributed by atoms with Crippen molar-refractivity contribution in [2.45, 2.75) is 44.2 Å². The van der Waals surface area contributed by atoms with Crippen molar-refractivity contribution in [1.82, 2.24) is 4.90 Å². The summed E-state index contributed by atoms with van der Waals surface area (Å²) in [7, 11) is 0. The van der Waals surface area contributed by atoms with Crippen molar-refractivity contribution in [2.75, 3.05) is 5.32 Å². The van der Waals surface area contributed by atoms with Gasteiger partial charge in [0.15, 0.2) is 0 Å². The Hall–Kier alpha value is -1.26.